The maximum Gasteiger partial charge on any atom is 0.224 e. The summed E-state index contributed by atoms with van der Waals surface area (Å²) >= 11 is 0. The van der Waals surface area contributed by atoms with Gasteiger partial charge in [0.05, 0.1) is 13.0 Å². The minimum atomic E-state index is -0.356. The Bertz CT molecular complexity index is 416. The van der Waals surface area contributed by atoms with Crippen LogP contribution in [-0.4, -0.2) is 24.2 Å². The largest absolute Gasteiger partial charge is 0.396 e. The van der Waals surface area contributed by atoms with Gasteiger partial charge in [0.15, 0.2) is 0 Å². The molecule has 1 aliphatic rings. The Morgan fingerprint density at radius 3 is 2.71 bits per heavy atom. The quantitative estimate of drug-likeness (QED) is 0.810. The highest BCUT2D eigenvalue weighted by Gasteiger charge is 2.41. The predicted octanol–water partition coefficient (Wildman–Crippen LogP) is 1.26. The van der Waals surface area contributed by atoms with Gasteiger partial charge in [-0.25, -0.2) is 4.39 Å². The number of halogens is 1. The standard InChI is InChI=1S/C13H16FNO2/c14-11-4-2-1-3-10(11)7-12(17)15-8-13(9-16)5-6-13/h1-4,16H,5-9H2,(H,15,17). The van der Waals surface area contributed by atoms with Gasteiger partial charge in [-0.05, 0) is 24.5 Å². The number of hydrogen-bond donors (Lipinski definition) is 2. The number of nitrogens with one attached hydrogen (secondary N) is 1. The van der Waals surface area contributed by atoms with Gasteiger partial charge in [-0.2, -0.15) is 0 Å². The highest BCUT2D eigenvalue weighted by atomic mass is 19.1. The summed E-state index contributed by atoms with van der Waals surface area (Å²) < 4.78 is 13.3. The molecule has 2 N–H and O–H groups in total. The molecule has 0 bridgehead atoms. The van der Waals surface area contributed by atoms with Crippen LogP contribution in [0.2, 0.25) is 0 Å². The lowest BCUT2D eigenvalue weighted by molar-refractivity contribution is -0.120. The molecule has 1 aromatic rings. The van der Waals surface area contributed by atoms with Crippen LogP contribution in [0.4, 0.5) is 4.39 Å². The first-order valence-electron chi connectivity index (χ1n) is 5.76. The van der Waals surface area contributed by atoms with E-state index in [1.165, 1.54) is 6.07 Å². The predicted molar refractivity (Wildman–Crippen MR) is 61.9 cm³/mol. The Morgan fingerprint density at radius 2 is 2.12 bits per heavy atom. The molecular weight excluding hydrogens is 221 g/mol. The van der Waals surface area contributed by atoms with Crippen molar-refractivity contribution in [1.29, 1.82) is 0 Å². The van der Waals surface area contributed by atoms with E-state index in [-0.39, 0.29) is 30.2 Å². The molecule has 3 nitrogen and oxygen atoms in total. The molecule has 0 heterocycles. The molecule has 0 atom stereocenters. The van der Waals surface area contributed by atoms with Gasteiger partial charge in [0.2, 0.25) is 5.91 Å². The van der Waals surface area contributed by atoms with Crippen molar-refractivity contribution in [3.63, 3.8) is 0 Å². The number of aliphatic hydroxyl groups is 1. The maximum atomic E-state index is 13.3. The number of carbonyl (C=O) groups excluding carboxylic acids is 1. The van der Waals surface area contributed by atoms with Crippen LogP contribution in [0.1, 0.15) is 18.4 Å². The Labute approximate surface area is 99.7 Å². The van der Waals surface area contributed by atoms with E-state index < -0.39 is 0 Å². The highest BCUT2D eigenvalue weighted by Crippen LogP contribution is 2.44. The van der Waals surface area contributed by atoms with E-state index in [4.69, 9.17) is 5.11 Å². The van der Waals surface area contributed by atoms with Gasteiger partial charge >= 0.3 is 0 Å². The van der Waals surface area contributed by atoms with E-state index >= 15 is 0 Å². The number of carbonyl (C=O) groups is 1. The van der Waals surface area contributed by atoms with E-state index in [0.717, 1.165) is 12.8 Å². The Hall–Kier alpha value is -1.42. The van der Waals surface area contributed by atoms with Crippen LogP contribution < -0.4 is 5.32 Å². The van der Waals surface area contributed by atoms with Crippen molar-refractivity contribution in [2.75, 3.05) is 13.2 Å². The van der Waals surface area contributed by atoms with Gasteiger partial charge < -0.3 is 10.4 Å². The van der Waals surface area contributed by atoms with Gasteiger partial charge in [0.25, 0.3) is 0 Å². The molecular formula is C13H16FNO2. The Kier molecular flexibility index (Phi) is 3.43. The van der Waals surface area contributed by atoms with Crippen LogP contribution in [0.3, 0.4) is 0 Å². The van der Waals surface area contributed by atoms with Gasteiger partial charge in [0.1, 0.15) is 5.82 Å². The Morgan fingerprint density at radius 1 is 1.41 bits per heavy atom. The van der Waals surface area contributed by atoms with Crippen LogP contribution in [0, 0.1) is 11.2 Å². The zero-order chi connectivity index (χ0) is 12.3. The third-order valence-corrected chi connectivity index (χ3v) is 3.26. The van der Waals surface area contributed by atoms with E-state index in [1.807, 2.05) is 0 Å². The fraction of sp³-hybridized carbons (Fsp3) is 0.462. The smallest absolute Gasteiger partial charge is 0.224 e. The average molecular weight is 237 g/mol. The van der Waals surface area contributed by atoms with E-state index in [0.29, 0.717) is 12.1 Å². The minimum absolute atomic E-state index is 0.0498. The van der Waals surface area contributed by atoms with Crippen molar-refractivity contribution < 1.29 is 14.3 Å². The summed E-state index contributed by atoms with van der Waals surface area (Å²) in [5.41, 5.74) is 0.295. The van der Waals surface area contributed by atoms with Crippen molar-refractivity contribution in [3.8, 4) is 0 Å². The van der Waals surface area contributed by atoms with Crippen molar-refractivity contribution in [2.45, 2.75) is 19.3 Å². The SMILES string of the molecule is O=C(Cc1ccccc1F)NCC1(CO)CC1. The number of hydrogen-bond acceptors (Lipinski definition) is 2. The summed E-state index contributed by atoms with van der Waals surface area (Å²) in [4.78, 5) is 11.6. The molecule has 0 aliphatic heterocycles. The van der Waals surface area contributed by atoms with Crippen molar-refractivity contribution >= 4 is 5.91 Å². The highest BCUT2D eigenvalue weighted by molar-refractivity contribution is 5.78. The molecule has 0 saturated heterocycles. The number of rotatable bonds is 5. The minimum Gasteiger partial charge on any atom is -0.396 e. The molecule has 1 saturated carbocycles. The second kappa shape index (κ2) is 4.84. The van der Waals surface area contributed by atoms with Crippen LogP contribution in [0.25, 0.3) is 0 Å². The summed E-state index contributed by atoms with van der Waals surface area (Å²) in [7, 11) is 0. The monoisotopic (exact) mass is 237 g/mol. The van der Waals surface area contributed by atoms with Gasteiger partial charge in [-0.1, -0.05) is 18.2 Å². The molecule has 92 valence electrons. The average Bonchev–Trinajstić information content (AvgIpc) is 3.10. The van der Waals surface area contributed by atoms with Crippen LogP contribution in [0.5, 0.6) is 0 Å². The fourth-order valence-electron chi connectivity index (χ4n) is 1.73. The third kappa shape index (κ3) is 3.03. The summed E-state index contributed by atoms with van der Waals surface area (Å²) in [6.45, 7) is 0.587. The number of aliphatic hydroxyl groups excluding tert-OH is 1. The Balaban J connectivity index is 1.83. The molecule has 4 heteroatoms. The lowest BCUT2D eigenvalue weighted by Gasteiger charge is -2.12. The van der Waals surface area contributed by atoms with E-state index in [9.17, 15) is 9.18 Å². The first-order valence-corrected chi connectivity index (χ1v) is 5.76. The van der Waals surface area contributed by atoms with Crippen LogP contribution >= 0.6 is 0 Å². The lowest BCUT2D eigenvalue weighted by atomic mass is 10.1. The fourth-order valence-corrected chi connectivity index (χ4v) is 1.73. The zero-order valence-corrected chi connectivity index (χ0v) is 9.58. The van der Waals surface area contributed by atoms with Crippen molar-refractivity contribution in [2.24, 2.45) is 5.41 Å². The second-order valence-electron chi connectivity index (χ2n) is 4.70. The molecule has 0 unspecified atom stereocenters. The molecule has 0 radical (unpaired) electrons. The molecule has 1 aromatic carbocycles. The first kappa shape index (κ1) is 12.0. The molecule has 1 aliphatic carbocycles. The lowest BCUT2D eigenvalue weighted by Crippen LogP contribution is -2.33. The summed E-state index contributed by atoms with van der Waals surface area (Å²) in [6.07, 6.45) is 1.95. The van der Waals surface area contributed by atoms with Crippen LogP contribution in [-0.2, 0) is 11.2 Å². The van der Waals surface area contributed by atoms with Gasteiger partial charge in [-0.3, -0.25) is 4.79 Å². The molecule has 2 rings (SSSR count). The molecule has 1 amide bonds. The molecule has 0 aromatic heterocycles. The van der Waals surface area contributed by atoms with Gasteiger partial charge in [0, 0.05) is 12.0 Å². The molecule has 0 spiro atoms. The van der Waals surface area contributed by atoms with E-state index in [2.05, 4.69) is 5.32 Å². The number of amides is 1. The number of benzene rings is 1. The van der Waals surface area contributed by atoms with E-state index in [1.54, 1.807) is 18.2 Å². The third-order valence-electron chi connectivity index (χ3n) is 3.26. The summed E-state index contributed by atoms with van der Waals surface area (Å²) in [5.74, 6) is -0.555. The summed E-state index contributed by atoms with van der Waals surface area (Å²) in [5, 5.41) is 11.8. The zero-order valence-electron chi connectivity index (χ0n) is 9.58. The van der Waals surface area contributed by atoms with Gasteiger partial charge in [-0.15, -0.1) is 0 Å². The summed E-state index contributed by atoms with van der Waals surface area (Å²) in [6, 6.07) is 6.26. The normalized spacial score (nSPS) is 16.6. The topological polar surface area (TPSA) is 49.3 Å². The van der Waals surface area contributed by atoms with Crippen LogP contribution in [0.15, 0.2) is 24.3 Å². The first-order chi connectivity index (χ1) is 8.15. The maximum absolute atomic E-state index is 13.3. The van der Waals surface area contributed by atoms with Crippen molar-refractivity contribution in [1.82, 2.24) is 5.32 Å². The molecule has 1 fully saturated rings. The molecule has 17 heavy (non-hydrogen) atoms. The second-order valence-corrected chi connectivity index (χ2v) is 4.70. The van der Waals surface area contributed by atoms with Crippen molar-refractivity contribution in [3.05, 3.63) is 35.6 Å².